The smallest absolute Gasteiger partial charge is 0.240 e. The molecule has 1 N–H and O–H groups in total. The molecule has 116 valence electrons. The Morgan fingerprint density at radius 1 is 1.27 bits per heavy atom. The third-order valence-corrected chi connectivity index (χ3v) is 3.97. The number of benzene rings is 1. The maximum absolute atomic E-state index is 12.2. The Labute approximate surface area is 130 Å². The first kappa shape index (κ1) is 16.0. The van der Waals surface area contributed by atoms with E-state index in [-0.39, 0.29) is 24.4 Å². The molecule has 1 aromatic carbocycles. The molecule has 0 bridgehead atoms. The lowest BCUT2D eigenvalue weighted by molar-refractivity contribution is -0.123. The number of hydrogen-bond donors (Lipinski definition) is 1. The molecule has 0 aliphatic heterocycles. The van der Waals surface area contributed by atoms with Crippen molar-refractivity contribution in [2.75, 3.05) is 11.4 Å². The van der Waals surface area contributed by atoms with Gasteiger partial charge >= 0.3 is 0 Å². The standard InChI is InChI=1S/C17H21N3O2/c1-13(21)20(16-10-6-5-7-14(16)11-18)12-17(22)19-15-8-3-2-4-9-15/h5-7,10,15H,2-4,8-9,12H2,1H3,(H,19,22). The van der Waals surface area contributed by atoms with Gasteiger partial charge in [0.1, 0.15) is 12.6 Å². The number of nitrogens with zero attached hydrogens (tertiary/aromatic N) is 2. The number of hydrogen-bond acceptors (Lipinski definition) is 3. The van der Waals surface area contributed by atoms with Gasteiger partial charge in [-0.05, 0) is 25.0 Å². The van der Waals surface area contributed by atoms with Gasteiger partial charge in [-0.25, -0.2) is 0 Å². The van der Waals surface area contributed by atoms with E-state index in [1.165, 1.54) is 18.2 Å². The third kappa shape index (κ3) is 4.08. The second-order valence-corrected chi connectivity index (χ2v) is 5.64. The van der Waals surface area contributed by atoms with E-state index in [9.17, 15) is 9.59 Å². The fourth-order valence-corrected chi connectivity index (χ4v) is 2.83. The largest absolute Gasteiger partial charge is 0.352 e. The topological polar surface area (TPSA) is 73.2 Å². The van der Waals surface area contributed by atoms with Crippen molar-refractivity contribution in [2.45, 2.75) is 45.1 Å². The van der Waals surface area contributed by atoms with Crippen molar-refractivity contribution < 1.29 is 9.59 Å². The average Bonchev–Trinajstić information content (AvgIpc) is 2.53. The number of carbonyl (C=O) groups is 2. The van der Waals surface area contributed by atoms with Crippen LogP contribution in [-0.2, 0) is 9.59 Å². The van der Waals surface area contributed by atoms with E-state index in [0.29, 0.717) is 11.3 Å². The van der Waals surface area contributed by atoms with Crippen LogP contribution in [0.15, 0.2) is 24.3 Å². The van der Waals surface area contributed by atoms with E-state index >= 15 is 0 Å². The minimum atomic E-state index is -0.249. The van der Waals surface area contributed by atoms with Gasteiger partial charge in [0.2, 0.25) is 11.8 Å². The van der Waals surface area contributed by atoms with E-state index in [2.05, 4.69) is 11.4 Å². The number of nitriles is 1. The summed E-state index contributed by atoms with van der Waals surface area (Å²) >= 11 is 0. The van der Waals surface area contributed by atoms with Gasteiger partial charge in [-0.2, -0.15) is 5.26 Å². The van der Waals surface area contributed by atoms with Crippen LogP contribution in [0.2, 0.25) is 0 Å². The van der Waals surface area contributed by atoms with Crippen molar-refractivity contribution in [1.82, 2.24) is 5.32 Å². The quantitative estimate of drug-likeness (QED) is 0.927. The molecule has 5 heteroatoms. The number of carbonyl (C=O) groups excluding carboxylic acids is 2. The van der Waals surface area contributed by atoms with Crippen molar-refractivity contribution in [3.05, 3.63) is 29.8 Å². The molecule has 0 aromatic heterocycles. The van der Waals surface area contributed by atoms with Crippen LogP contribution in [0.3, 0.4) is 0 Å². The fourth-order valence-electron chi connectivity index (χ4n) is 2.83. The summed E-state index contributed by atoms with van der Waals surface area (Å²) in [7, 11) is 0. The summed E-state index contributed by atoms with van der Waals surface area (Å²) in [5.74, 6) is -0.420. The molecule has 1 fully saturated rings. The second kappa shape index (κ2) is 7.60. The van der Waals surface area contributed by atoms with E-state index < -0.39 is 0 Å². The van der Waals surface area contributed by atoms with E-state index in [4.69, 9.17) is 5.26 Å². The first-order valence-corrected chi connectivity index (χ1v) is 7.68. The summed E-state index contributed by atoms with van der Waals surface area (Å²) in [5.41, 5.74) is 0.875. The van der Waals surface area contributed by atoms with Crippen LogP contribution in [0, 0.1) is 11.3 Å². The van der Waals surface area contributed by atoms with Crippen molar-refractivity contribution in [3.63, 3.8) is 0 Å². The second-order valence-electron chi connectivity index (χ2n) is 5.64. The Morgan fingerprint density at radius 3 is 2.59 bits per heavy atom. The number of nitrogens with one attached hydrogen (secondary N) is 1. The highest BCUT2D eigenvalue weighted by Gasteiger charge is 2.21. The molecule has 0 atom stereocenters. The monoisotopic (exact) mass is 299 g/mol. The van der Waals surface area contributed by atoms with Crippen LogP contribution < -0.4 is 10.2 Å². The zero-order valence-electron chi connectivity index (χ0n) is 12.8. The Bertz CT molecular complexity index is 586. The van der Waals surface area contributed by atoms with Crippen LogP contribution >= 0.6 is 0 Å². The van der Waals surface area contributed by atoms with Crippen molar-refractivity contribution in [3.8, 4) is 6.07 Å². The van der Waals surface area contributed by atoms with Gasteiger partial charge in [0.25, 0.3) is 0 Å². The SMILES string of the molecule is CC(=O)N(CC(=O)NC1CCCCC1)c1ccccc1C#N. The van der Waals surface area contributed by atoms with Crippen molar-refractivity contribution in [1.29, 1.82) is 5.26 Å². The molecule has 2 amide bonds. The van der Waals surface area contributed by atoms with Gasteiger partial charge in [0.15, 0.2) is 0 Å². The first-order valence-electron chi connectivity index (χ1n) is 7.68. The van der Waals surface area contributed by atoms with Gasteiger partial charge in [-0.1, -0.05) is 31.4 Å². The molecular formula is C17H21N3O2. The summed E-state index contributed by atoms with van der Waals surface area (Å²) < 4.78 is 0. The van der Waals surface area contributed by atoms with Crippen molar-refractivity contribution in [2.24, 2.45) is 0 Å². The van der Waals surface area contributed by atoms with Gasteiger partial charge < -0.3 is 10.2 Å². The summed E-state index contributed by atoms with van der Waals surface area (Å²) in [6, 6.07) is 9.09. The molecule has 0 radical (unpaired) electrons. The highest BCUT2D eigenvalue weighted by molar-refractivity contribution is 5.98. The first-order chi connectivity index (χ1) is 10.6. The van der Waals surface area contributed by atoms with Crippen LogP contribution in [0.25, 0.3) is 0 Å². The predicted octanol–water partition coefficient (Wildman–Crippen LogP) is 2.36. The van der Waals surface area contributed by atoms with E-state index in [1.807, 2.05) is 0 Å². The minimum absolute atomic E-state index is 0.0511. The molecule has 1 aliphatic rings. The number of amides is 2. The molecule has 0 unspecified atom stereocenters. The molecule has 1 aromatic rings. The molecule has 22 heavy (non-hydrogen) atoms. The lowest BCUT2D eigenvalue weighted by Crippen LogP contribution is -2.44. The van der Waals surface area contributed by atoms with E-state index in [0.717, 1.165) is 25.7 Å². The van der Waals surface area contributed by atoms with Crippen LogP contribution in [0.1, 0.15) is 44.6 Å². The normalized spacial score (nSPS) is 14.9. The molecule has 1 saturated carbocycles. The lowest BCUT2D eigenvalue weighted by atomic mass is 9.95. The Morgan fingerprint density at radius 2 is 1.95 bits per heavy atom. The lowest BCUT2D eigenvalue weighted by Gasteiger charge is -2.26. The summed E-state index contributed by atoms with van der Waals surface area (Å²) in [6.07, 6.45) is 5.50. The zero-order valence-corrected chi connectivity index (χ0v) is 12.8. The Balaban J connectivity index is 2.07. The van der Waals surface area contributed by atoms with Gasteiger partial charge in [-0.3, -0.25) is 9.59 Å². The fraction of sp³-hybridized carbons (Fsp3) is 0.471. The molecule has 0 heterocycles. The van der Waals surface area contributed by atoms with Gasteiger partial charge in [-0.15, -0.1) is 0 Å². The molecule has 2 rings (SSSR count). The average molecular weight is 299 g/mol. The highest BCUT2D eigenvalue weighted by Crippen LogP contribution is 2.20. The number of rotatable bonds is 4. The number of anilines is 1. The van der Waals surface area contributed by atoms with Crippen LogP contribution in [0.5, 0.6) is 0 Å². The highest BCUT2D eigenvalue weighted by atomic mass is 16.2. The predicted molar refractivity (Wildman–Crippen MR) is 84.2 cm³/mol. The summed E-state index contributed by atoms with van der Waals surface area (Å²) in [5, 5.41) is 12.2. The Kier molecular flexibility index (Phi) is 5.54. The third-order valence-electron chi connectivity index (χ3n) is 3.97. The molecule has 1 aliphatic carbocycles. The Hall–Kier alpha value is -2.35. The maximum atomic E-state index is 12.2. The van der Waals surface area contributed by atoms with E-state index in [1.54, 1.807) is 24.3 Å². The number of para-hydroxylation sites is 1. The van der Waals surface area contributed by atoms with Crippen LogP contribution in [-0.4, -0.2) is 24.4 Å². The zero-order chi connectivity index (χ0) is 15.9. The molecule has 0 spiro atoms. The van der Waals surface area contributed by atoms with Crippen molar-refractivity contribution >= 4 is 17.5 Å². The summed E-state index contributed by atoms with van der Waals surface area (Å²) in [6.45, 7) is 1.35. The molecule has 5 nitrogen and oxygen atoms in total. The summed E-state index contributed by atoms with van der Waals surface area (Å²) in [4.78, 5) is 25.4. The minimum Gasteiger partial charge on any atom is -0.352 e. The molecule has 0 saturated heterocycles. The van der Waals surface area contributed by atoms with Crippen LogP contribution in [0.4, 0.5) is 5.69 Å². The van der Waals surface area contributed by atoms with Gasteiger partial charge in [0.05, 0.1) is 11.3 Å². The van der Waals surface area contributed by atoms with Gasteiger partial charge in [0, 0.05) is 13.0 Å². The molecular weight excluding hydrogens is 278 g/mol. The maximum Gasteiger partial charge on any atom is 0.240 e.